The third-order valence-electron chi connectivity index (χ3n) is 3.82. The first-order chi connectivity index (χ1) is 9.74. The van der Waals surface area contributed by atoms with Crippen LogP contribution >= 0.6 is 0 Å². The van der Waals surface area contributed by atoms with Crippen LogP contribution in [0.3, 0.4) is 0 Å². The second-order valence-electron chi connectivity index (χ2n) is 5.28. The van der Waals surface area contributed by atoms with Gasteiger partial charge in [0.25, 0.3) is 0 Å². The van der Waals surface area contributed by atoms with Crippen molar-refractivity contribution in [3.05, 3.63) is 48.2 Å². The number of hydrogen-bond acceptors (Lipinski definition) is 3. The van der Waals surface area contributed by atoms with Gasteiger partial charge in [-0.2, -0.15) is 0 Å². The summed E-state index contributed by atoms with van der Waals surface area (Å²) in [5.41, 5.74) is 2.55. The van der Waals surface area contributed by atoms with E-state index in [0.717, 1.165) is 37.2 Å². The van der Waals surface area contributed by atoms with Gasteiger partial charge in [-0.15, -0.1) is 0 Å². The summed E-state index contributed by atoms with van der Waals surface area (Å²) in [7, 11) is 0. The highest BCUT2D eigenvalue weighted by atomic mass is 19.1. The van der Waals surface area contributed by atoms with Crippen molar-refractivity contribution in [2.75, 3.05) is 23.3 Å². The first-order valence-electron chi connectivity index (χ1n) is 7.07. The van der Waals surface area contributed by atoms with E-state index in [4.69, 9.17) is 4.42 Å². The highest BCUT2D eigenvalue weighted by molar-refractivity contribution is 5.57. The van der Waals surface area contributed by atoms with E-state index >= 15 is 0 Å². The summed E-state index contributed by atoms with van der Waals surface area (Å²) in [6.45, 7) is 3.93. The van der Waals surface area contributed by atoms with Gasteiger partial charge in [0.1, 0.15) is 5.82 Å². The largest absolute Gasteiger partial charge is 0.472 e. The van der Waals surface area contributed by atoms with Crippen molar-refractivity contribution in [2.45, 2.75) is 25.8 Å². The lowest BCUT2D eigenvalue weighted by molar-refractivity contribution is 0.562. The third-order valence-corrected chi connectivity index (χ3v) is 3.82. The van der Waals surface area contributed by atoms with E-state index in [0.29, 0.717) is 5.69 Å². The molecule has 0 aliphatic carbocycles. The number of anilines is 2. The number of halogens is 1. The van der Waals surface area contributed by atoms with Crippen molar-refractivity contribution < 1.29 is 8.81 Å². The van der Waals surface area contributed by atoms with Gasteiger partial charge in [0, 0.05) is 24.3 Å². The zero-order chi connectivity index (χ0) is 13.9. The molecule has 4 heteroatoms. The molecule has 0 saturated carbocycles. The van der Waals surface area contributed by atoms with E-state index in [1.807, 2.05) is 25.1 Å². The van der Waals surface area contributed by atoms with Gasteiger partial charge in [0.05, 0.1) is 24.3 Å². The minimum Gasteiger partial charge on any atom is -0.472 e. The molecular formula is C16H19FN2O. The lowest BCUT2D eigenvalue weighted by atomic mass is 10.1. The second kappa shape index (κ2) is 5.57. The normalized spacial score (nSPS) is 16.4. The molecule has 0 spiro atoms. The zero-order valence-corrected chi connectivity index (χ0v) is 11.6. The Hall–Kier alpha value is -1.97. The van der Waals surface area contributed by atoms with Gasteiger partial charge in [0.15, 0.2) is 0 Å². The molecule has 1 aromatic heterocycles. The Morgan fingerprint density at radius 1 is 1.25 bits per heavy atom. The molecule has 2 aromatic rings. The Labute approximate surface area is 118 Å². The van der Waals surface area contributed by atoms with E-state index < -0.39 is 0 Å². The van der Waals surface area contributed by atoms with Gasteiger partial charge in [-0.1, -0.05) is 0 Å². The molecular weight excluding hydrogens is 255 g/mol. The highest BCUT2D eigenvalue weighted by Gasteiger charge is 2.16. The second-order valence-corrected chi connectivity index (χ2v) is 5.28. The molecule has 0 radical (unpaired) electrons. The predicted octanol–water partition coefficient (Wildman–Crippen LogP) is 4.19. The minimum absolute atomic E-state index is 0.0887. The number of nitrogens with one attached hydrogen (secondary N) is 1. The summed E-state index contributed by atoms with van der Waals surface area (Å²) in [5, 5.41) is 3.28. The Kier molecular flexibility index (Phi) is 3.63. The van der Waals surface area contributed by atoms with Crippen molar-refractivity contribution in [1.29, 1.82) is 0 Å². The number of furan rings is 1. The van der Waals surface area contributed by atoms with Crippen LogP contribution in [0.5, 0.6) is 0 Å². The average molecular weight is 274 g/mol. The number of benzene rings is 1. The van der Waals surface area contributed by atoms with Crippen molar-refractivity contribution >= 4 is 11.4 Å². The maximum absolute atomic E-state index is 14.2. The van der Waals surface area contributed by atoms with Gasteiger partial charge in [-0.05, 0) is 44.0 Å². The fourth-order valence-electron chi connectivity index (χ4n) is 2.67. The Bertz CT molecular complexity index is 562. The fraction of sp³-hybridized carbons (Fsp3) is 0.375. The van der Waals surface area contributed by atoms with Crippen molar-refractivity contribution in [3.63, 3.8) is 0 Å². The summed E-state index contributed by atoms with van der Waals surface area (Å²) >= 11 is 0. The molecule has 0 amide bonds. The van der Waals surface area contributed by atoms with Crippen LogP contribution in [0.2, 0.25) is 0 Å². The predicted molar refractivity (Wildman–Crippen MR) is 78.6 cm³/mol. The quantitative estimate of drug-likeness (QED) is 0.906. The molecule has 2 heterocycles. The van der Waals surface area contributed by atoms with Crippen LogP contribution in [0.1, 0.15) is 31.4 Å². The number of rotatable bonds is 4. The Morgan fingerprint density at radius 3 is 2.70 bits per heavy atom. The van der Waals surface area contributed by atoms with Crippen LogP contribution in [0.15, 0.2) is 41.2 Å². The molecule has 3 nitrogen and oxygen atoms in total. The van der Waals surface area contributed by atoms with E-state index in [1.54, 1.807) is 18.6 Å². The van der Waals surface area contributed by atoms with Crippen LogP contribution in [-0.2, 0) is 0 Å². The summed E-state index contributed by atoms with van der Waals surface area (Å²) in [6, 6.07) is 7.38. The molecule has 1 N–H and O–H groups in total. The molecule has 1 atom stereocenters. The number of hydrogen-bond donors (Lipinski definition) is 1. The standard InChI is InChI=1S/C16H19FN2O/c1-12(13-6-9-20-11-13)18-14-4-5-16(15(17)10-14)19-7-2-3-8-19/h4-6,9-12,18H,2-3,7-8H2,1H3. The van der Waals surface area contributed by atoms with Gasteiger partial charge in [-0.25, -0.2) is 4.39 Å². The molecule has 1 aromatic carbocycles. The van der Waals surface area contributed by atoms with Crippen molar-refractivity contribution in [1.82, 2.24) is 0 Å². The smallest absolute Gasteiger partial charge is 0.148 e. The molecule has 1 unspecified atom stereocenters. The minimum atomic E-state index is -0.156. The van der Waals surface area contributed by atoms with Gasteiger partial charge in [0.2, 0.25) is 0 Å². The average Bonchev–Trinajstić information content (AvgIpc) is 3.12. The molecule has 20 heavy (non-hydrogen) atoms. The topological polar surface area (TPSA) is 28.4 Å². The van der Waals surface area contributed by atoms with Gasteiger partial charge < -0.3 is 14.6 Å². The van der Waals surface area contributed by atoms with Crippen LogP contribution in [-0.4, -0.2) is 13.1 Å². The number of nitrogens with zero attached hydrogens (tertiary/aromatic N) is 1. The fourth-order valence-corrected chi connectivity index (χ4v) is 2.67. The molecule has 106 valence electrons. The lowest BCUT2D eigenvalue weighted by Crippen LogP contribution is -2.19. The summed E-state index contributed by atoms with van der Waals surface area (Å²) in [6.07, 6.45) is 5.64. The summed E-state index contributed by atoms with van der Waals surface area (Å²) < 4.78 is 19.3. The van der Waals surface area contributed by atoms with E-state index in [-0.39, 0.29) is 11.9 Å². The molecule has 1 fully saturated rings. The van der Waals surface area contributed by atoms with E-state index in [2.05, 4.69) is 10.2 Å². The van der Waals surface area contributed by atoms with E-state index in [1.165, 1.54) is 0 Å². The summed E-state index contributed by atoms with van der Waals surface area (Å²) in [4.78, 5) is 2.11. The maximum Gasteiger partial charge on any atom is 0.148 e. The van der Waals surface area contributed by atoms with E-state index in [9.17, 15) is 4.39 Å². The van der Waals surface area contributed by atoms with Gasteiger partial charge in [-0.3, -0.25) is 0 Å². The highest BCUT2D eigenvalue weighted by Crippen LogP contribution is 2.27. The molecule has 0 bridgehead atoms. The first kappa shape index (κ1) is 13.0. The molecule has 3 rings (SSSR count). The molecule has 1 aliphatic rings. The zero-order valence-electron chi connectivity index (χ0n) is 11.6. The van der Waals surface area contributed by atoms with Crippen molar-refractivity contribution in [2.24, 2.45) is 0 Å². The lowest BCUT2D eigenvalue weighted by Gasteiger charge is -2.20. The maximum atomic E-state index is 14.2. The van der Waals surface area contributed by atoms with Crippen LogP contribution < -0.4 is 10.2 Å². The Morgan fingerprint density at radius 2 is 2.05 bits per heavy atom. The van der Waals surface area contributed by atoms with Crippen LogP contribution in [0, 0.1) is 5.82 Å². The Balaban J connectivity index is 1.73. The molecule has 1 aliphatic heterocycles. The SMILES string of the molecule is CC(Nc1ccc(N2CCCC2)c(F)c1)c1ccoc1. The first-order valence-corrected chi connectivity index (χ1v) is 7.07. The van der Waals surface area contributed by atoms with Crippen LogP contribution in [0.25, 0.3) is 0 Å². The molecule has 1 saturated heterocycles. The summed E-state index contributed by atoms with van der Waals surface area (Å²) in [5.74, 6) is -0.156. The van der Waals surface area contributed by atoms with Crippen molar-refractivity contribution in [3.8, 4) is 0 Å². The van der Waals surface area contributed by atoms with Gasteiger partial charge >= 0.3 is 0 Å². The third kappa shape index (κ3) is 2.64. The van der Waals surface area contributed by atoms with Crippen LogP contribution in [0.4, 0.5) is 15.8 Å². The monoisotopic (exact) mass is 274 g/mol.